The Morgan fingerprint density at radius 3 is 2.50 bits per heavy atom. The van der Waals surface area contributed by atoms with E-state index in [2.05, 4.69) is 5.92 Å². The molecule has 0 radical (unpaired) electrons. The van der Waals surface area contributed by atoms with Crippen LogP contribution in [0.1, 0.15) is 26.4 Å². The molecule has 0 atom stereocenters. The van der Waals surface area contributed by atoms with E-state index in [1.54, 1.807) is 42.7 Å². The van der Waals surface area contributed by atoms with Crippen LogP contribution >= 0.6 is 11.3 Å². The van der Waals surface area contributed by atoms with Crippen LogP contribution in [0.25, 0.3) is 0 Å². The third-order valence-electron chi connectivity index (χ3n) is 4.07. The minimum atomic E-state index is -0.0344. The lowest BCUT2D eigenvalue weighted by atomic mass is 10.1. The topological polar surface area (TPSA) is 29.5 Å². The first-order valence-electron chi connectivity index (χ1n) is 8.21. The van der Waals surface area contributed by atoms with Crippen molar-refractivity contribution in [1.29, 1.82) is 0 Å². The van der Waals surface area contributed by atoms with Crippen LogP contribution in [0.15, 0.2) is 66.0 Å². The smallest absolute Gasteiger partial charge is 0.254 e. The lowest BCUT2D eigenvalue weighted by Crippen LogP contribution is -2.30. The standard InChI is InChI=1S/C22H19NO2S/c1-3-17-10-12-18(13-11-17)22(24)23(16-20-8-6-14-26-20)15-19-7-4-5-9-21(19)25-2/h1,4-14H,15-16H2,2H3. The van der Waals surface area contributed by atoms with Crippen molar-refractivity contribution in [3.63, 3.8) is 0 Å². The molecule has 0 aliphatic heterocycles. The van der Waals surface area contributed by atoms with Gasteiger partial charge >= 0.3 is 0 Å². The highest BCUT2D eigenvalue weighted by atomic mass is 32.1. The van der Waals surface area contributed by atoms with E-state index in [0.29, 0.717) is 18.7 Å². The largest absolute Gasteiger partial charge is 0.496 e. The first kappa shape index (κ1) is 17.8. The molecular formula is C22H19NO2S. The Balaban J connectivity index is 1.89. The monoisotopic (exact) mass is 361 g/mol. The van der Waals surface area contributed by atoms with Crippen molar-refractivity contribution in [1.82, 2.24) is 4.90 Å². The van der Waals surface area contributed by atoms with E-state index in [1.165, 1.54) is 0 Å². The van der Waals surface area contributed by atoms with Crippen LogP contribution < -0.4 is 4.74 Å². The number of terminal acetylenes is 1. The predicted molar refractivity (Wildman–Crippen MR) is 105 cm³/mol. The van der Waals surface area contributed by atoms with Crippen molar-refractivity contribution in [3.8, 4) is 18.1 Å². The molecular weight excluding hydrogens is 342 g/mol. The van der Waals surface area contributed by atoms with Crippen LogP contribution in [0.2, 0.25) is 0 Å². The summed E-state index contributed by atoms with van der Waals surface area (Å²) in [6, 6.07) is 18.9. The van der Waals surface area contributed by atoms with Crippen molar-refractivity contribution in [2.45, 2.75) is 13.1 Å². The van der Waals surface area contributed by atoms with Gasteiger partial charge in [-0.15, -0.1) is 17.8 Å². The Kier molecular flexibility index (Phi) is 5.73. The minimum absolute atomic E-state index is 0.0344. The summed E-state index contributed by atoms with van der Waals surface area (Å²) in [5, 5.41) is 2.02. The van der Waals surface area contributed by atoms with Crippen LogP contribution in [0.3, 0.4) is 0 Å². The Hall–Kier alpha value is -3.03. The second kappa shape index (κ2) is 8.37. The fraction of sp³-hybridized carbons (Fsp3) is 0.136. The molecule has 3 nitrogen and oxygen atoms in total. The number of para-hydroxylation sites is 1. The van der Waals surface area contributed by atoms with Gasteiger partial charge < -0.3 is 9.64 Å². The number of hydrogen-bond acceptors (Lipinski definition) is 3. The highest BCUT2D eigenvalue weighted by Crippen LogP contribution is 2.23. The second-order valence-corrected chi connectivity index (χ2v) is 6.81. The summed E-state index contributed by atoms with van der Waals surface area (Å²) >= 11 is 1.64. The van der Waals surface area contributed by atoms with Gasteiger partial charge in [0.05, 0.1) is 20.2 Å². The van der Waals surface area contributed by atoms with Crippen LogP contribution in [0, 0.1) is 12.3 Å². The van der Waals surface area contributed by atoms with Crippen molar-refractivity contribution in [2.75, 3.05) is 7.11 Å². The summed E-state index contributed by atoms with van der Waals surface area (Å²) < 4.78 is 5.44. The molecule has 0 aliphatic rings. The molecule has 3 aromatic rings. The maximum absolute atomic E-state index is 13.1. The number of ether oxygens (including phenoxy) is 1. The van der Waals surface area contributed by atoms with Gasteiger partial charge in [-0.25, -0.2) is 0 Å². The van der Waals surface area contributed by atoms with Gasteiger partial charge in [0, 0.05) is 21.6 Å². The Morgan fingerprint density at radius 2 is 1.85 bits per heavy atom. The summed E-state index contributed by atoms with van der Waals surface area (Å²) in [4.78, 5) is 16.1. The molecule has 26 heavy (non-hydrogen) atoms. The summed E-state index contributed by atoms with van der Waals surface area (Å²) in [7, 11) is 1.64. The third-order valence-corrected chi connectivity index (χ3v) is 4.93. The lowest BCUT2D eigenvalue weighted by molar-refractivity contribution is 0.0730. The van der Waals surface area contributed by atoms with Crippen LogP contribution in [0.4, 0.5) is 0 Å². The molecule has 0 saturated carbocycles. The van der Waals surface area contributed by atoms with Gasteiger partial charge in [-0.1, -0.05) is 30.2 Å². The van der Waals surface area contributed by atoms with Gasteiger partial charge in [-0.2, -0.15) is 0 Å². The Labute approximate surface area is 157 Å². The van der Waals surface area contributed by atoms with Crippen LogP contribution in [0.5, 0.6) is 5.75 Å². The molecule has 0 unspecified atom stereocenters. The number of nitrogens with zero attached hydrogens (tertiary/aromatic N) is 1. The Bertz CT molecular complexity index is 908. The highest BCUT2D eigenvalue weighted by molar-refractivity contribution is 7.09. The number of benzene rings is 2. The van der Waals surface area contributed by atoms with E-state index < -0.39 is 0 Å². The lowest BCUT2D eigenvalue weighted by Gasteiger charge is -2.23. The quantitative estimate of drug-likeness (QED) is 0.602. The number of methoxy groups -OCH3 is 1. The molecule has 0 saturated heterocycles. The van der Waals surface area contributed by atoms with Crippen molar-refractivity contribution in [3.05, 3.63) is 87.6 Å². The number of rotatable bonds is 6. The summed E-state index contributed by atoms with van der Waals surface area (Å²) in [6.07, 6.45) is 5.40. The molecule has 0 aliphatic carbocycles. The summed E-state index contributed by atoms with van der Waals surface area (Å²) in [5.74, 6) is 3.32. The average molecular weight is 361 g/mol. The van der Waals surface area contributed by atoms with Crippen LogP contribution in [-0.2, 0) is 13.1 Å². The van der Waals surface area contributed by atoms with Gasteiger partial charge in [0.2, 0.25) is 0 Å². The average Bonchev–Trinajstić information content (AvgIpc) is 3.20. The maximum atomic E-state index is 13.1. The fourth-order valence-electron chi connectivity index (χ4n) is 2.72. The third kappa shape index (κ3) is 4.14. The molecule has 130 valence electrons. The summed E-state index contributed by atoms with van der Waals surface area (Å²) in [5.41, 5.74) is 2.35. The number of carbonyl (C=O) groups excluding carboxylic acids is 1. The normalized spacial score (nSPS) is 10.2. The van der Waals surface area contributed by atoms with Crippen molar-refractivity contribution < 1.29 is 9.53 Å². The van der Waals surface area contributed by atoms with Crippen molar-refractivity contribution >= 4 is 17.2 Å². The van der Waals surface area contributed by atoms with E-state index >= 15 is 0 Å². The number of hydrogen-bond donors (Lipinski definition) is 0. The van der Waals surface area contributed by atoms with E-state index in [1.807, 2.05) is 46.7 Å². The van der Waals surface area contributed by atoms with Gasteiger partial charge in [0.25, 0.3) is 5.91 Å². The van der Waals surface area contributed by atoms with Gasteiger partial charge in [0.1, 0.15) is 5.75 Å². The maximum Gasteiger partial charge on any atom is 0.254 e. The number of amides is 1. The molecule has 3 rings (SSSR count). The van der Waals surface area contributed by atoms with Gasteiger partial charge in [-0.3, -0.25) is 4.79 Å². The molecule has 0 bridgehead atoms. The van der Waals surface area contributed by atoms with E-state index in [-0.39, 0.29) is 5.91 Å². The SMILES string of the molecule is C#Cc1ccc(C(=O)N(Cc2cccs2)Cc2ccccc2OC)cc1. The Morgan fingerprint density at radius 1 is 1.08 bits per heavy atom. The zero-order chi connectivity index (χ0) is 18.4. The van der Waals surface area contributed by atoms with E-state index in [0.717, 1.165) is 21.8 Å². The number of carbonyl (C=O) groups is 1. The molecule has 0 fully saturated rings. The second-order valence-electron chi connectivity index (χ2n) is 5.77. The fourth-order valence-corrected chi connectivity index (χ4v) is 3.44. The molecule has 1 aromatic heterocycles. The zero-order valence-corrected chi connectivity index (χ0v) is 15.3. The van der Waals surface area contributed by atoms with E-state index in [4.69, 9.17) is 11.2 Å². The highest BCUT2D eigenvalue weighted by Gasteiger charge is 2.18. The molecule has 0 spiro atoms. The van der Waals surface area contributed by atoms with Gasteiger partial charge in [-0.05, 0) is 41.8 Å². The summed E-state index contributed by atoms with van der Waals surface area (Å²) in [6.45, 7) is 1.02. The molecule has 1 heterocycles. The van der Waals surface area contributed by atoms with Crippen molar-refractivity contribution in [2.24, 2.45) is 0 Å². The molecule has 1 amide bonds. The molecule has 2 aromatic carbocycles. The number of thiophene rings is 1. The predicted octanol–water partition coefficient (Wildman–Crippen LogP) is 4.58. The zero-order valence-electron chi connectivity index (χ0n) is 14.5. The van der Waals surface area contributed by atoms with Gasteiger partial charge in [0.15, 0.2) is 0 Å². The van der Waals surface area contributed by atoms with E-state index in [9.17, 15) is 4.79 Å². The first-order chi connectivity index (χ1) is 12.7. The van der Waals surface area contributed by atoms with Crippen LogP contribution in [-0.4, -0.2) is 17.9 Å². The minimum Gasteiger partial charge on any atom is -0.496 e. The molecule has 4 heteroatoms. The molecule has 0 N–H and O–H groups in total. The first-order valence-corrected chi connectivity index (χ1v) is 9.09.